The molecule has 0 saturated heterocycles. The monoisotopic (exact) mass is 266 g/mol. The van der Waals surface area contributed by atoms with Gasteiger partial charge in [-0.15, -0.1) is 0 Å². The van der Waals surface area contributed by atoms with Crippen LogP contribution in [0.1, 0.15) is 12.0 Å². The van der Waals surface area contributed by atoms with Crippen molar-refractivity contribution in [1.29, 1.82) is 0 Å². The fourth-order valence-electron chi connectivity index (χ4n) is 2.18. The van der Waals surface area contributed by atoms with Crippen molar-refractivity contribution >= 4 is 11.6 Å². The van der Waals surface area contributed by atoms with Crippen molar-refractivity contribution < 1.29 is 13.6 Å². The molecule has 1 atom stereocenters. The Morgan fingerprint density at radius 3 is 2.89 bits per heavy atom. The number of benzene rings is 1. The van der Waals surface area contributed by atoms with E-state index in [1.165, 1.54) is 4.90 Å². The lowest BCUT2D eigenvalue weighted by atomic mass is 10.1. The molecule has 0 radical (unpaired) electrons. The predicted molar refractivity (Wildman–Crippen MR) is 66.1 cm³/mol. The van der Waals surface area contributed by atoms with Gasteiger partial charge in [0.05, 0.1) is 0 Å². The summed E-state index contributed by atoms with van der Waals surface area (Å²) in [5, 5.41) is 3.19. The van der Waals surface area contributed by atoms with E-state index >= 15 is 0 Å². The Labute approximate surface area is 108 Å². The Balaban J connectivity index is 2.22. The zero-order valence-corrected chi connectivity index (χ0v) is 10.0. The first-order valence-corrected chi connectivity index (χ1v) is 5.85. The molecule has 0 saturated carbocycles. The van der Waals surface area contributed by atoms with E-state index in [9.17, 15) is 13.6 Å². The van der Waals surface area contributed by atoms with Crippen LogP contribution in [0.25, 0.3) is 10.4 Å². The van der Waals surface area contributed by atoms with Crippen molar-refractivity contribution in [3.63, 3.8) is 0 Å². The molecule has 100 valence electrons. The molecule has 1 amide bonds. The first kappa shape index (κ1) is 13.3. The molecule has 1 unspecified atom stereocenters. The SMILES string of the molecule is [N-]=[N+]=NC(CC(F)F)C(=O)N1CCc2ccccc21. The number of carbonyl (C=O) groups excluding carboxylic acids is 1. The van der Waals surface area contributed by atoms with Crippen LogP contribution in [-0.4, -0.2) is 24.9 Å². The van der Waals surface area contributed by atoms with Crippen LogP contribution in [0.5, 0.6) is 0 Å². The molecule has 7 heteroatoms. The van der Waals surface area contributed by atoms with E-state index in [0.29, 0.717) is 18.7 Å². The molecule has 0 aromatic heterocycles. The Morgan fingerprint density at radius 2 is 2.21 bits per heavy atom. The molecule has 0 spiro atoms. The van der Waals surface area contributed by atoms with Gasteiger partial charge in [-0.2, -0.15) is 0 Å². The fraction of sp³-hybridized carbons (Fsp3) is 0.417. The fourth-order valence-corrected chi connectivity index (χ4v) is 2.18. The average molecular weight is 266 g/mol. The van der Waals surface area contributed by atoms with Gasteiger partial charge in [0.15, 0.2) is 0 Å². The lowest BCUT2D eigenvalue weighted by Crippen LogP contribution is -2.38. The third-order valence-electron chi connectivity index (χ3n) is 3.03. The van der Waals surface area contributed by atoms with Crippen LogP contribution < -0.4 is 4.90 Å². The van der Waals surface area contributed by atoms with Gasteiger partial charge in [0.1, 0.15) is 6.04 Å². The number of hydrogen-bond donors (Lipinski definition) is 0. The number of carbonyl (C=O) groups is 1. The number of anilines is 1. The van der Waals surface area contributed by atoms with E-state index in [0.717, 1.165) is 5.56 Å². The summed E-state index contributed by atoms with van der Waals surface area (Å²) in [5.74, 6) is -0.567. The van der Waals surface area contributed by atoms with Crippen LogP contribution in [0.3, 0.4) is 0 Å². The Bertz CT molecular complexity index is 528. The van der Waals surface area contributed by atoms with E-state index < -0.39 is 24.8 Å². The number of rotatable bonds is 4. The Morgan fingerprint density at radius 1 is 1.47 bits per heavy atom. The number of alkyl halides is 2. The van der Waals surface area contributed by atoms with E-state index in [2.05, 4.69) is 10.0 Å². The summed E-state index contributed by atoms with van der Waals surface area (Å²) in [6, 6.07) is 5.93. The average Bonchev–Trinajstić information content (AvgIpc) is 2.80. The summed E-state index contributed by atoms with van der Waals surface area (Å²) in [4.78, 5) is 16.1. The standard InChI is InChI=1S/C12H12F2N4O/c13-11(14)7-9(16-17-15)12(19)18-6-5-8-3-1-2-4-10(8)18/h1-4,9,11H,5-7H2. The minimum absolute atomic E-state index is 0.429. The molecule has 0 fully saturated rings. The second-order valence-corrected chi connectivity index (χ2v) is 4.22. The number of amides is 1. The van der Waals surface area contributed by atoms with Gasteiger partial charge in [0, 0.05) is 23.6 Å². The highest BCUT2D eigenvalue weighted by molar-refractivity contribution is 5.99. The second-order valence-electron chi connectivity index (χ2n) is 4.22. The number of nitrogens with zero attached hydrogens (tertiary/aromatic N) is 4. The van der Waals surface area contributed by atoms with Gasteiger partial charge in [-0.25, -0.2) is 8.78 Å². The molecular weight excluding hydrogens is 254 g/mol. The van der Waals surface area contributed by atoms with Gasteiger partial charge in [-0.1, -0.05) is 23.3 Å². The zero-order valence-electron chi connectivity index (χ0n) is 10.0. The quantitative estimate of drug-likeness (QED) is 0.469. The van der Waals surface area contributed by atoms with Gasteiger partial charge >= 0.3 is 0 Å². The molecule has 1 aromatic carbocycles. The summed E-state index contributed by atoms with van der Waals surface area (Å²) >= 11 is 0. The molecule has 5 nitrogen and oxygen atoms in total. The van der Waals surface area contributed by atoms with E-state index in [1.54, 1.807) is 12.1 Å². The number of azide groups is 1. The van der Waals surface area contributed by atoms with Crippen molar-refractivity contribution in [3.05, 3.63) is 40.3 Å². The third-order valence-corrected chi connectivity index (χ3v) is 3.03. The van der Waals surface area contributed by atoms with E-state index in [4.69, 9.17) is 5.53 Å². The molecule has 0 aliphatic carbocycles. The maximum atomic E-state index is 12.4. The second kappa shape index (κ2) is 5.67. The maximum absolute atomic E-state index is 12.4. The zero-order chi connectivity index (χ0) is 13.8. The van der Waals surface area contributed by atoms with Crippen molar-refractivity contribution in [2.45, 2.75) is 25.3 Å². The highest BCUT2D eigenvalue weighted by Crippen LogP contribution is 2.29. The Kier molecular flexibility index (Phi) is 3.97. The Hall–Kier alpha value is -2.14. The van der Waals surface area contributed by atoms with Gasteiger partial charge in [0.2, 0.25) is 12.3 Å². The van der Waals surface area contributed by atoms with E-state index in [1.807, 2.05) is 12.1 Å². The summed E-state index contributed by atoms with van der Waals surface area (Å²) in [5.41, 5.74) is 10.1. The molecule has 19 heavy (non-hydrogen) atoms. The van der Waals surface area contributed by atoms with E-state index in [-0.39, 0.29) is 0 Å². The number of para-hydroxylation sites is 1. The molecule has 1 heterocycles. The minimum Gasteiger partial charge on any atom is -0.311 e. The highest BCUT2D eigenvalue weighted by atomic mass is 19.3. The summed E-state index contributed by atoms with van der Waals surface area (Å²) < 4.78 is 24.8. The molecule has 2 rings (SSSR count). The lowest BCUT2D eigenvalue weighted by Gasteiger charge is -2.21. The van der Waals surface area contributed by atoms with Crippen molar-refractivity contribution in [2.24, 2.45) is 5.11 Å². The van der Waals surface area contributed by atoms with Crippen LogP contribution in [0.4, 0.5) is 14.5 Å². The first-order valence-electron chi connectivity index (χ1n) is 5.85. The van der Waals surface area contributed by atoms with Crippen LogP contribution in [0, 0.1) is 0 Å². The first-order chi connectivity index (χ1) is 9.13. The van der Waals surface area contributed by atoms with Gasteiger partial charge in [-0.3, -0.25) is 4.79 Å². The predicted octanol–water partition coefficient (Wildman–Crippen LogP) is 2.91. The van der Waals surface area contributed by atoms with Gasteiger partial charge in [0.25, 0.3) is 0 Å². The van der Waals surface area contributed by atoms with Crippen molar-refractivity contribution in [2.75, 3.05) is 11.4 Å². The topological polar surface area (TPSA) is 69.1 Å². The number of fused-ring (bicyclic) bond motifs is 1. The van der Waals surface area contributed by atoms with Crippen molar-refractivity contribution in [1.82, 2.24) is 0 Å². The largest absolute Gasteiger partial charge is 0.311 e. The smallest absolute Gasteiger partial charge is 0.239 e. The molecule has 1 aromatic rings. The molecular formula is C12H12F2N4O. The normalized spacial score (nSPS) is 15.0. The van der Waals surface area contributed by atoms with Crippen molar-refractivity contribution in [3.8, 4) is 0 Å². The molecule has 1 aliphatic heterocycles. The summed E-state index contributed by atoms with van der Waals surface area (Å²) in [6.07, 6.45) is -2.75. The van der Waals surface area contributed by atoms with Crippen LogP contribution >= 0.6 is 0 Å². The molecule has 1 aliphatic rings. The highest BCUT2D eigenvalue weighted by Gasteiger charge is 2.31. The van der Waals surface area contributed by atoms with Crippen LogP contribution in [0.15, 0.2) is 29.4 Å². The summed E-state index contributed by atoms with van der Waals surface area (Å²) in [6.45, 7) is 0.429. The van der Waals surface area contributed by atoms with Crippen LogP contribution in [0.2, 0.25) is 0 Å². The van der Waals surface area contributed by atoms with Crippen LogP contribution in [-0.2, 0) is 11.2 Å². The number of hydrogen-bond acceptors (Lipinski definition) is 2. The molecule has 0 N–H and O–H groups in total. The lowest BCUT2D eigenvalue weighted by molar-refractivity contribution is -0.120. The molecule has 0 bridgehead atoms. The number of halogens is 2. The third kappa shape index (κ3) is 2.82. The summed E-state index contributed by atoms with van der Waals surface area (Å²) in [7, 11) is 0. The van der Waals surface area contributed by atoms with Gasteiger partial charge in [-0.05, 0) is 23.6 Å². The maximum Gasteiger partial charge on any atom is 0.239 e. The minimum atomic E-state index is -2.68. The van der Waals surface area contributed by atoms with Gasteiger partial charge < -0.3 is 4.90 Å².